The Kier molecular flexibility index (Phi) is 5.65. The van der Waals surface area contributed by atoms with Crippen molar-refractivity contribution in [3.63, 3.8) is 0 Å². The molecule has 2 amide bonds. The summed E-state index contributed by atoms with van der Waals surface area (Å²) < 4.78 is 0. The predicted molar refractivity (Wildman–Crippen MR) is 101 cm³/mol. The number of non-ortho nitro benzene ring substituents is 1. The number of hydrogen-bond donors (Lipinski definition) is 1. The number of nitro benzene ring substituents is 1. The van der Waals surface area contributed by atoms with E-state index < -0.39 is 10.8 Å². The van der Waals surface area contributed by atoms with Gasteiger partial charge in [-0.1, -0.05) is 24.3 Å². The van der Waals surface area contributed by atoms with Crippen molar-refractivity contribution in [2.24, 2.45) is 0 Å². The topological polar surface area (TPSA) is 95.8 Å². The van der Waals surface area contributed by atoms with Crippen molar-refractivity contribution in [2.75, 3.05) is 37.6 Å². The molecule has 0 aromatic heterocycles. The lowest BCUT2D eigenvalue weighted by atomic mass is 10.2. The van der Waals surface area contributed by atoms with Gasteiger partial charge in [0, 0.05) is 49.6 Å². The number of benzene rings is 2. The number of rotatable bonds is 5. The quantitative estimate of drug-likeness (QED) is 0.640. The van der Waals surface area contributed by atoms with Crippen LogP contribution in [0.25, 0.3) is 0 Å². The Morgan fingerprint density at radius 3 is 2.37 bits per heavy atom. The van der Waals surface area contributed by atoms with E-state index in [-0.39, 0.29) is 23.7 Å². The summed E-state index contributed by atoms with van der Waals surface area (Å²) in [6, 6.07) is 15.4. The molecule has 1 fully saturated rings. The maximum Gasteiger partial charge on any atom is 0.270 e. The molecule has 1 aliphatic rings. The summed E-state index contributed by atoms with van der Waals surface area (Å²) in [5.74, 6) is -0.670. The van der Waals surface area contributed by atoms with Gasteiger partial charge in [0.1, 0.15) is 0 Å². The van der Waals surface area contributed by atoms with Crippen LogP contribution in [0.4, 0.5) is 11.4 Å². The molecule has 1 N–H and O–H groups in total. The van der Waals surface area contributed by atoms with Gasteiger partial charge in [-0.05, 0) is 18.2 Å². The molecule has 1 saturated heterocycles. The minimum absolute atomic E-state index is 0.132. The summed E-state index contributed by atoms with van der Waals surface area (Å²) in [6.07, 6.45) is 0. The number of amides is 2. The van der Waals surface area contributed by atoms with Crippen LogP contribution in [0.1, 0.15) is 10.4 Å². The fourth-order valence-corrected chi connectivity index (χ4v) is 2.98. The van der Waals surface area contributed by atoms with E-state index >= 15 is 0 Å². The Bertz CT molecular complexity index is 833. The second-order valence-corrected chi connectivity index (χ2v) is 6.19. The van der Waals surface area contributed by atoms with Crippen LogP contribution in [0.3, 0.4) is 0 Å². The smallest absolute Gasteiger partial charge is 0.270 e. The summed E-state index contributed by atoms with van der Waals surface area (Å²) >= 11 is 0. The molecule has 0 spiro atoms. The average molecular weight is 368 g/mol. The van der Waals surface area contributed by atoms with Crippen LogP contribution in [0.2, 0.25) is 0 Å². The number of carbonyl (C=O) groups excluding carboxylic acids is 2. The maximum absolute atomic E-state index is 12.3. The van der Waals surface area contributed by atoms with Crippen LogP contribution >= 0.6 is 0 Å². The molecular formula is C19H20N4O4. The first kappa shape index (κ1) is 18.4. The van der Waals surface area contributed by atoms with E-state index in [0.717, 1.165) is 18.8 Å². The number of hydrogen-bond acceptors (Lipinski definition) is 5. The fourth-order valence-electron chi connectivity index (χ4n) is 2.98. The first-order valence-electron chi connectivity index (χ1n) is 8.65. The van der Waals surface area contributed by atoms with Gasteiger partial charge in [-0.15, -0.1) is 0 Å². The van der Waals surface area contributed by atoms with Crippen LogP contribution in [-0.4, -0.2) is 54.4 Å². The number of para-hydroxylation sites is 1. The molecule has 27 heavy (non-hydrogen) atoms. The van der Waals surface area contributed by atoms with E-state index in [0.29, 0.717) is 13.1 Å². The van der Waals surface area contributed by atoms with E-state index in [9.17, 15) is 19.7 Å². The van der Waals surface area contributed by atoms with Gasteiger partial charge in [-0.25, -0.2) is 0 Å². The summed E-state index contributed by atoms with van der Waals surface area (Å²) in [4.78, 5) is 38.6. The SMILES string of the molecule is O=C(NCC(=O)N1CCN(c2ccccc2)CC1)c1cccc([N+](=O)[O-])c1. The molecule has 2 aromatic carbocycles. The molecule has 1 aliphatic heterocycles. The number of anilines is 1. The van der Waals surface area contributed by atoms with Gasteiger partial charge in [0.2, 0.25) is 5.91 Å². The second kappa shape index (κ2) is 8.31. The Hall–Kier alpha value is -3.42. The van der Waals surface area contributed by atoms with Crippen LogP contribution in [0.15, 0.2) is 54.6 Å². The standard InChI is InChI=1S/C19H20N4O4/c24-18(14-20-19(25)15-5-4-8-17(13-15)23(26)27)22-11-9-21(10-12-22)16-6-2-1-3-7-16/h1-8,13H,9-12,14H2,(H,20,25). The van der Waals surface area contributed by atoms with Crippen molar-refractivity contribution < 1.29 is 14.5 Å². The van der Waals surface area contributed by atoms with Crippen LogP contribution in [-0.2, 0) is 4.79 Å². The summed E-state index contributed by atoms with van der Waals surface area (Å²) in [5, 5.41) is 13.3. The molecule has 140 valence electrons. The summed E-state index contributed by atoms with van der Waals surface area (Å²) in [7, 11) is 0. The predicted octanol–water partition coefficient (Wildman–Crippen LogP) is 1.67. The highest BCUT2D eigenvalue weighted by atomic mass is 16.6. The lowest BCUT2D eigenvalue weighted by Gasteiger charge is -2.36. The van der Waals surface area contributed by atoms with Gasteiger partial charge >= 0.3 is 0 Å². The van der Waals surface area contributed by atoms with Gasteiger partial charge in [-0.3, -0.25) is 19.7 Å². The Morgan fingerprint density at radius 1 is 1.00 bits per heavy atom. The molecule has 0 bridgehead atoms. The number of nitro groups is 1. The molecule has 0 saturated carbocycles. The molecule has 3 rings (SSSR count). The van der Waals surface area contributed by atoms with Crippen LogP contribution in [0.5, 0.6) is 0 Å². The largest absolute Gasteiger partial charge is 0.368 e. The molecule has 2 aromatic rings. The maximum atomic E-state index is 12.3. The molecule has 0 unspecified atom stereocenters. The number of nitrogens with one attached hydrogen (secondary N) is 1. The lowest BCUT2D eigenvalue weighted by molar-refractivity contribution is -0.384. The van der Waals surface area contributed by atoms with Crippen molar-refractivity contribution in [3.8, 4) is 0 Å². The van der Waals surface area contributed by atoms with E-state index in [4.69, 9.17) is 0 Å². The zero-order valence-electron chi connectivity index (χ0n) is 14.7. The summed E-state index contributed by atoms with van der Waals surface area (Å²) in [5.41, 5.74) is 1.13. The Labute approximate surface area is 156 Å². The molecular weight excluding hydrogens is 348 g/mol. The van der Waals surface area contributed by atoms with E-state index in [1.165, 1.54) is 24.3 Å². The van der Waals surface area contributed by atoms with Gasteiger partial charge < -0.3 is 15.1 Å². The zero-order chi connectivity index (χ0) is 19.2. The van der Waals surface area contributed by atoms with Crippen molar-refractivity contribution >= 4 is 23.2 Å². The molecule has 1 heterocycles. The summed E-state index contributed by atoms with van der Waals surface area (Å²) in [6.45, 7) is 2.50. The number of carbonyl (C=O) groups is 2. The lowest BCUT2D eigenvalue weighted by Crippen LogP contribution is -2.51. The third kappa shape index (κ3) is 4.60. The number of piperazine rings is 1. The van der Waals surface area contributed by atoms with Crippen molar-refractivity contribution in [1.82, 2.24) is 10.2 Å². The first-order valence-corrected chi connectivity index (χ1v) is 8.65. The zero-order valence-corrected chi connectivity index (χ0v) is 14.7. The Balaban J connectivity index is 1.49. The highest BCUT2D eigenvalue weighted by Crippen LogP contribution is 2.16. The van der Waals surface area contributed by atoms with Gasteiger partial charge in [-0.2, -0.15) is 0 Å². The van der Waals surface area contributed by atoms with Crippen LogP contribution in [0, 0.1) is 10.1 Å². The average Bonchev–Trinajstić information content (AvgIpc) is 2.72. The second-order valence-electron chi connectivity index (χ2n) is 6.19. The molecule has 0 atom stereocenters. The third-order valence-corrected chi connectivity index (χ3v) is 4.47. The highest BCUT2D eigenvalue weighted by Gasteiger charge is 2.21. The molecule has 8 nitrogen and oxygen atoms in total. The van der Waals surface area contributed by atoms with Gasteiger partial charge in [0.05, 0.1) is 11.5 Å². The van der Waals surface area contributed by atoms with Crippen molar-refractivity contribution in [3.05, 3.63) is 70.3 Å². The van der Waals surface area contributed by atoms with Gasteiger partial charge in [0.15, 0.2) is 0 Å². The fraction of sp³-hybridized carbons (Fsp3) is 0.263. The van der Waals surface area contributed by atoms with E-state index in [1.54, 1.807) is 4.90 Å². The Morgan fingerprint density at radius 2 is 1.70 bits per heavy atom. The van der Waals surface area contributed by atoms with Crippen molar-refractivity contribution in [2.45, 2.75) is 0 Å². The monoisotopic (exact) mass is 368 g/mol. The van der Waals surface area contributed by atoms with Crippen LogP contribution < -0.4 is 10.2 Å². The van der Waals surface area contributed by atoms with E-state index in [2.05, 4.69) is 10.2 Å². The highest BCUT2D eigenvalue weighted by molar-refractivity contribution is 5.97. The third-order valence-electron chi connectivity index (χ3n) is 4.47. The molecule has 0 radical (unpaired) electrons. The van der Waals surface area contributed by atoms with Crippen molar-refractivity contribution in [1.29, 1.82) is 0 Å². The number of nitrogens with zero attached hydrogens (tertiary/aromatic N) is 3. The minimum Gasteiger partial charge on any atom is -0.368 e. The first-order chi connectivity index (χ1) is 13.0. The molecule has 0 aliphatic carbocycles. The van der Waals surface area contributed by atoms with E-state index in [1.807, 2.05) is 30.3 Å². The minimum atomic E-state index is -0.561. The molecule has 8 heteroatoms. The van der Waals surface area contributed by atoms with Gasteiger partial charge in [0.25, 0.3) is 11.6 Å². The normalized spacial score (nSPS) is 13.9.